The van der Waals surface area contributed by atoms with E-state index in [0.29, 0.717) is 29.7 Å². The maximum atomic E-state index is 12.9. The van der Waals surface area contributed by atoms with Crippen LogP contribution in [0.1, 0.15) is 36.8 Å². The molecule has 0 fully saturated rings. The van der Waals surface area contributed by atoms with Gasteiger partial charge in [0.05, 0.1) is 23.6 Å². The highest BCUT2D eigenvalue weighted by molar-refractivity contribution is 7.89. The second-order valence-corrected chi connectivity index (χ2v) is 8.81. The summed E-state index contributed by atoms with van der Waals surface area (Å²) >= 11 is 6.14. The molecule has 1 atom stereocenters. The van der Waals surface area contributed by atoms with Gasteiger partial charge in [0.15, 0.2) is 0 Å². The van der Waals surface area contributed by atoms with Gasteiger partial charge >= 0.3 is 6.01 Å². The Morgan fingerprint density at radius 3 is 2.45 bits per heavy atom. The van der Waals surface area contributed by atoms with Crippen molar-refractivity contribution < 1.29 is 13.2 Å². The monoisotopic (exact) mass is 437 g/mol. The average molecular weight is 438 g/mol. The maximum Gasteiger partial charge on any atom is 0.302 e. The maximum absolute atomic E-state index is 12.9. The second kappa shape index (κ2) is 8.17. The zero-order chi connectivity index (χ0) is 21.3. The first-order valence-corrected chi connectivity index (χ1v) is 11.0. The summed E-state index contributed by atoms with van der Waals surface area (Å²) in [6.45, 7) is 7.86. The van der Waals surface area contributed by atoms with Gasteiger partial charge in [-0.15, -0.1) is 0 Å². The highest BCUT2D eigenvalue weighted by Crippen LogP contribution is 2.28. The quantitative estimate of drug-likeness (QED) is 0.608. The van der Waals surface area contributed by atoms with Gasteiger partial charge in [0.2, 0.25) is 10.0 Å². The molecule has 0 bridgehead atoms. The van der Waals surface area contributed by atoms with Crippen molar-refractivity contribution in [2.24, 2.45) is 7.05 Å². The minimum Gasteiger partial charge on any atom is -0.426 e. The molecule has 1 aromatic carbocycles. The normalized spacial score (nSPS) is 12.9. The number of imidazole rings is 1. The molecule has 0 radical (unpaired) electrons. The molecule has 0 aliphatic rings. The van der Waals surface area contributed by atoms with Gasteiger partial charge in [0, 0.05) is 13.6 Å². The number of rotatable bonds is 7. The van der Waals surface area contributed by atoms with Crippen molar-refractivity contribution in [3.63, 3.8) is 0 Å². The summed E-state index contributed by atoms with van der Waals surface area (Å²) in [6.07, 6.45) is 1.61. The van der Waals surface area contributed by atoms with E-state index < -0.39 is 16.1 Å². The van der Waals surface area contributed by atoms with Gasteiger partial charge in [-0.05, 0) is 39.8 Å². The molecular formula is C19H24ClN5O3S. The van der Waals surface area contributed by atoms with Gasteiger partial charge in [-0.1, -0.05) is 29.3 Å². The summed E-state index contributed by atoms with van der Waals surface area (Å²) in [6, 6.07) is 7.47. The van der Waals surface area contributed by atoms with Gasteiger partial charge in [-0.2, -0.15) is 5.10 Å². The van der Waals surface area contributed by atoms with Gasteiger partial charge < -0.3 is 4.74 Å². The number of sulfonamides is 1. The van der Waals surface area contributed by atoms with Crippen molar-refractivity contribution in [3.8, 4) is 11.8 Å². The molecule has 0 saturated heterocycles. The van der Waals surface area contributed by atoms with E-state index in [1.165, 1.54) is 4.68 Å². The Morgan fingerprint density at radius 2 is 1.90 bits per heavy atom. The number of ether oxygens (including phenoxy) is 1. The molecule has 0 spiro atoms. The van der Waals surface area contributed by atoms with Crippen LogP contribution in [0, 0.1) is 13.8 Å². The molecule has 3 aromatic rings. The van der Waals surface area contributed by atoms with E-state index in [9.17, 15) is 8.42 Å². The molecule has 0 aliphatic heterocycles. The standard InChI is InChI=1S/C19H24ClN5O3S/c1-6-25-16(11-21-19(25)28-15-9-7-12(2)8-10-15)13(3)23-29(26,27)17-14(4)22-24(5)18(17)20/h7-11,13,23H,6H2,1-5H3. The number of hydrogen-bond donors (Lipinski definition) is 1. The van der Waals surface area contributed by atoms with Gasteiger partial charge in [-0.25, -0.2) is 18.1 Å². The summed E-state index contributed by atoms with van der Waals surface area (Å²) in [7, 11) is -2.28. The largest absolute Gasteiger partial charge is 0.426 e. The first-order valence-electron chi connectivity index (χ1n) is 9.15. The van der Waals surface area contributed by atoms with Crippen molar-refractivity contribution in [3.05, 3.63) is 52.6 Å². The number of nitrogens with one attached hydrogen (secondary N) is 1. The Labute approximate surface area is 175 Å². The lowest BCUT2D eigenvalue weighted by molar-refractivity contribution is 0.408. The van der Waals surface area contributed by atoms with Crippen LogP contribution in [-0.2, 0) is 23.6 Å². The SMILES string of the molecule is CCn1c(C(C)NS(=O)(=O)c2c(C)nn(C)c2Cl)cnc1Oc1ccc(C)cc1. The fourth-order valence-corrected chi connectivity index (χ4v) is 5.06. The van der Waals surface area contributed by atoms with Crippen LogP contribution in [0.4, 0.5) is 0 Å². The molecule has 156 valence electrons. The zero-order valence-electron chi connectivity index (χ0n) is 17.0. The number of benzene rings is 1. The van der Waals surface area contributed by atoms with E-state index in [0.717, 1.165) is 5.56 Å². The van der Waals surface area contributed by atoms with Crippen LogP contribution in [0.25, 0.3) is 0 Å². The number of hydrogen-bond acceptors (Lipinski definition) is 5. The van der Waals surface area contributed by atoms with Gasteiger partial charge in [-0.3, -0.25) is 9.25 Å². The summed E-state index contributed by atoms with van der Waals surface area (Å²) in [5.74, 6) is 0.661. The Kier molecular flexibility index (Phi) is 6.02. The van der Waals surface area contributed by atoms with Crippen molar-refractivity contribution in [2.75, 3.05) is 0 Å². The highest BCUT2D eigenvalue weighted by atomic mass is 35.5. The van der Waals surface area contributed by atoms with E-state index in [1.807, 2.05) is 42.7 Å². The molecule has 2 heterocycles. The smallest absolute Gasteiger partial charge is 0.302 e. The first kappa shape index (κ1) is 21.4. The molecule has 0 aliphatic carbocycles. The minimum absolute atomic E-state index is 0.0211. The Bertz CT molecular complexity index is 1120. The van der Waals surface area contributed by atoms with Crippen molar-refractivity contribution >= 4 is 21.6 Å². The second-order valence-electron chi connectivity index (χ2n) is 6.80. The minimum atomic E-state index is -3.87. The average Bonchev–Trinajstić information content (AvgIpc) is 3.16. The summed E-state index contributed by atoms with van der Waals surface area (Å²) in [4.78, 5) is 4.31. The summed E-state index contributed by atoms with van der Waals surface area (Å²) in [5, 5.41) is 4.14. The number of halogens is 1. The van der Waals surface area contributed by atoms with Crippen LogP contribution in [-0.4, -0.2) is 27.7 Å². The summed E-state index contributed by atoms with van der Waals surface area (Å²) < 4.78 is 37.5. The predicted octanol–water partition coefficient (Wildman–Crippen LogP) is 3.74. The summed E-state index contributed by atoms with van der Waals surface area (Å²) in [5.41, 5.74) is 2.14. The van der Waals surface area contributed by atoms with Crippen LogP contribution in [0.5, 0.6) is 11.8 Å². The predicted molar refractivity (Wildman–Crippen MR) is 111 cm³/mol. The van der Waals surface area contributed by atoms with E-state index in [1.54, 1.807) is 27.1 Å². The number of aromatic nitrogens is 4. The third-order valence-corrected chi connectivity index (χ3v) is 6.78. The fraction of sp³-hybridized carbons (Fsp3) is 0.368. The molecule has 3 rings (SSSR count). The Morgan fingerprint density at radius 1 is 1.24 bits per heavy atom. The molecule has 8 nitrogen and oxygen atoms in total. The van der Waals surface area contributed by atoms with E-state index in [-0.39, 0.29) is 10.0 Å². The number of aryl methyl sites for hydroxylation is 3. The third-order valence-electron chi connectivity index (χ3n) is 4.54. The van der Waals surface area contributed by atoms with Crippen molar-refractivity contribution in [1.29, 1.82) is 0 Å². The van der Waals surface area contributed by atoms with E-state index in [4.69, 9.17) is 16.3 Å². The van der Waals surface area contributed by atoms with Crippen LogP contribution < -0.4 is 9.46 Å². The molecule has 0 amide bonds. The van der Waals surface area contributed by atoms with Gasteiger partial charge in [0.1, 0.15) is 15.8 Å². The molecule has 2 aromatic heterocycles. The molecular weight excluding hydrogens is 414 g/mol. The first-order chi connectivity index (χ1) is 13.6. The van der Waals surface area contributed by atoms with Crippen molar-refractivity contribution in [2.45, 2.75) is 45.2 Å². The topological polar surface area (TPSA) is 91.0 Å². The molecule has 1 N–H and O–H groups in total. The molecule has 10 heteroatoms. The fourth-order valence-electron chi connectivity index (χ4n) is 3.10. The highest BCUT2D eigenvalue weighted by Gasteiger charge is 2.28. The van der Waals surface area contributed by atoms with Crippen LogP contribution in [0.3, 0.4) is 0 Å². The lowest BCUT2D eigenvalue weighted by Crippen LogP contribution is -2.28. The Hall–Kier alpha value is -2.36. The van der Waals surface area contributed by atoms with Gasteiger partial charge in [0.25, 0.3) is 0 Å². The molecule has 1 unspecified atom stereocenters. The lowest BCUT2D eigenvalue weighted by Gasteiger charge is -2.17. The van der Waals surface area contributed by atoms with Crippen LogP contribution in [0.15, 0.2) is 35.4 Å². The lowest BCUT2D eigenvalue weighted by atomic mass is 10.2. The molecule has 29 heavy (non-hydrogen) atoms. The van der Waals surface area contributed by atoms with Crippen molar-refractivity contribution in [1.82, 2.24) is 24.1 Å². The third kappa shape index (κ3) is 4.31. The number of nitrogens with zero attached hydrogens (tertiary/aromatic N) is 4. The Balaban J connectivity index is 1.86. The van der Waals surface area contributed by atoms with E-state index in [2.05, 4.69) is 14.8 Å². The van der Waals surface area contributed by atoms with Crippen LogP contribution in [0.2, 0.25) is 5.15 Å². The van der Waals surface area contributed by atoms with Crippen LogP contribution >= 0.6 is 11.6 Å². The van der Waals surface area contributed by atoms with E-state index >= 15 is 0 Å². The zero-order valence-corrected chi connectivity index (χ0v) is 18.5. The molecule has 0 saturated carbocycles.